The molecule has 1 aromatic carbocycles. The predicted octanol–water partition coefficient (Wildman–Crippen LogP) is 3.45. The van der Waals surface area contributed by atoms with Crippen molar-refractivity contribution in [2.45, 2.75) is 50.3 Å². The second-order valence-corrected chi connectivity index (χ2v) is 11.3. The van der Waals surface area contributed by atoms with Crippen LogP contribution in [0.3, 0.4) is 0 Å². The van der Waals surface area contributed by atoms with Crippen LogP contribution in [0.15, 0.2) is 22.5 Å². The van der Waals surface area contributed by atoms with Crippen molar-refractivity contribution < 1.29 is 13.2 Å². The molecule has 7 nitrogen and oxygen atoms in total. The highest BCUT2D eigenvalue weighted by molar-refractivity contribution is 8.01. The van der Waals surface area contributed by atoms with Crippen LogP contribution in [0, 0.1) is 13.8 Å². The molecular weight excluding hydrogens is 404 g/mol. The van der Waals surface area contributed by atoms with Gasteiger partial charge in [0, 0.05) is 5.25 Å². The van der Waals surface area contributed by atoms with E-state index in [4.69, 9.17) is 0 Å². The summed E-state index contributed by atoms with van der Waals surface area (Å²) in [6.07, 6.45) is 1.09. The number of nitrogens with zero attached hydrogens (tertiary/aromatic N) is 3. The normalized spacial score (nSPS) is 12.9. The highest BCUT2D eigenvalue weighted by Gasteiger charge is 2.30. The maximum Gasteiger partial charge on any atom is 0.249 e. The van der Waals surface area contributed by atoms with E-state index in [1.54, 1.807) is 30.8 Å². The van der Waals surface area contributed by atoms with Gasteiger partial charge in [-0.2, -0.15) is 0 Å². The average molecular weight is 429 g/mol. The van der Waals surface area contributed by atoms with Gasteiger partial charge in [-0.05, 0) is 44.0 Å². The van der Waals surface area contributed by atoms with Crippen LogP contribution in [0.25, 0.3) is 0 Å². The number of sulfonamides is 1. The molecule has 1 aromatic heterocycles. The fourth-order valence-corrected chi connectivity index (χ4v) is 5.74. The predicted molar refractivity (Wildman–Crippen MR) is 112 cm³/mol. The lowest BCUT2D eigenvalue weighted by molar-refractivity contribution is -0.116. The van der Waals surface area contributed by atoms with Crippen molar-refractivity contribution in [1.82, 2.24) is 10.2 Å². The van der Waals surface area contributed by atoms with E-state index in [0.29, 0.717) is 16.1 Å². The molecule has 0 bridgehead atoms. The summed E-state index contributed by atoms with van der Waals surface area (Å²) in [7, 11) is -3.66. The van der Waals surface area contributed by atoms with Crippen LogP contribution < -0.4 is 9.62 Å². The van der Waals surface area contributed by atoms with Gasteiger partial charge in [0.15, 0.2) is 4.34 Å². The van der Waals surface area contributed by atoms with Crippen LogP contribution in [0.2, 0.25) is 0 Å². The Bertz CT molecular complexity index is 905. The molecule has 1 N–H and O–H groups in total. The fraction of sp³-hybridized carbons (Fsp3) is 0.471. The molecule has 0 saturated heterocycles. The molecule has 1 amide bonds. The number of amides is 1. The van der Waals surface area contributed by atoms with E-state index < -0.39 is 22.0 Å². The molecule has 10 heteroatoms. The van der Waals surface area contributed by atoms with E-state index in [-0.39, 0.29) is 0 Å². The van der Waals surface area contributed by atoms with Gasteiger partial charge in [-0.25, -0.2) is 8.42 Å². The molecule has 2 rings (SSSR count). The van der Waals surface area contributed by atoms with Crippen molar-refractivity contribution in [3.05, 3.63) is 29.3 Å². The molecular formula is C17H24N4O3S3. The minimum atomic E-state index is -3.66. The van der Waals surface area contributed by atoms with Crippen LogP contribution in [0.1, 0.15) is 31.9 Å². The van der Waals surface area contributed by atoms with Crippen molar-refractivity contribution in [3.8, 4) is 0 Å². The summed E-state index contributed by atoms with van der Waals surface area (Å²) in [5, 5.41) is 11.4. The first kappa shape index (κ1) is 21.6. The Labute approximate surface area is 168 Å². The first-order chi connectivity index (χ1) is 12.5. The standard InChI is InChI=1S/C17H24N4O3S3/c1-10(2)25-17-20-19-16(26-17)18-15(22)13(5)21(27(6,23)24)14-8-11(3)7-12(4)9-14/h7-10,13H,1-6H3,(H,18,19,22). The Morgan fingerprint density at radius 1 is 1.15 bits per heavy atom. The van der Waals surface area contributed by atoms with Gasteiger partial charge >= 0.3 is 0 Å². The smallest absolute Gasteiger partial charge is 0.249 e. The largest absolute Gasteiger partial charge is 0.299 e. The fourth-order valence-electron chi connectivity index (χ4n) is 2.61. The molecule has 0 aliphatic heterocycles. The number of thioether (sulfide) groups is 1. The van der Waals surface area contributed by atoms with Crippen molar-refractivity contribution in [2.75, 3.05) is 15.9 Å². The molecule has 0 fully saturated rings. The van der Waals surface area contributed by atoms with Crippen molar-refractivity contribution in [3.63, 3.8) is 0 Å². The number of aromatic nitrogens is 2. The van der Waals surface area contributed by atoms with E-state index in [2.05, 4.69) is 15.5 Å². The third-order valence-electron chi connectivity index (χ3n) is 3.52. The first-order valence-corrected chi connectivity index (χ1v) is 11.9. The summed E-state index contributed by atoms with van der Waals surface area (Å²) >= 11 is 2.82. The van der Waals surface area contributed by atoms with Crippen LogP contribution in [-0.2, 0) is 14.8 Å². The van der Waals surface area contributed by atoms with Crippen LogP contribution >= 0.6 is 23.1 Å². The quantitative estimate of drug-likeness (QED) is 0.536. The number of benzene rings is 1. The van der Waals surface area contributed by atoms with Gasteiger partial charge in [0.05, 0.1) is 11.9 Å². The Kier molecular flexibility index (Phi) is 6.87. The highest BCUT2D eigenvalue weighted by Crippen LogP contribution is 2.29. The maximum atomic E-state index is 12.7. The second-order valence-electron chi connectivity index (χ2n) is 6.61. The third-order valence-corrected chi connectivity index (χ3v) is 6.69. The highest BCUT2D eigenvalue weighted by atomic mass is 32.2. The summed E-state index contributed by atoms with van der Waals surface area (Å²) in [5.74, 6) is -0.461. The summed E-state index contributed by atoms with van der Waals surface area (Å²) < 4.78 is 26.7. The summed E-state index contributed by atoms with van der Waals surface area (Å²) in [6.45, 7) is 9.41. The van der Waals surface area contributed by atoms with Gasteiger partial charge in [0.1, 0.15) is 6.04 Å². The maximum absolute atomic E-state index is 12.7. The minimum absolute atomic E-state index is 0.351. The number of nitrogens with one attached hydrogen (secondary N) is 1. The van der Waals surface area contributed by atoms with E-state index in [1.807, 2.05) is 33.8 Å². The van der Waals surface area contributed by atoms with Crippen LogP contribution in [0.5, 0.6) is 0 Å². The van der Waals surface area contributed by atoms with Gasteiger partial charge in [-0.1, -0.05) is 43.0 Å². The lowest BCUT2D eigenvalue weighted by Crippen LogP contribution is -2.45. The number of aryl methyl sites for hydroxylation is 2. The number of hydrogen-bond acceptors (Lipinski definition) is 7. The minimum Gasteiger partial charge on any atom is -0.299 e. The van der Waals surface area contributed by atoms with Crippen molar-refractivity contribution in [1.29, 1.82) is 0 Å². The Hall–Kier alpha value is -1.65. The molecule has 27 heavy (non-hydrogen) atoms. The van der Waals surface area contributed by atoms with E-state index >= 15 is 0 Å². The number of hydrogen-bond donors (Lipinski definition) is 1. The Morgan fingerprint density at radius 3 is 2.26 bits per heavy atom. The van der Waals surface area contributed by atoms with Gasteiger partial charge < -0.3 is 0 Å². The van der Waals surface area contributed by atoms with Gasteiger partial charge in [-0.3, -0.25) is 14.4 Å². The number of carbonyl (C=O) groups is 1. The molecule has 0 saturated carbocycles. The number of carbonyl (C=O) groups excluding carboxylic acids is 1. The number of rotatable bonds is 7. The lowest BCUT2D eigenvalue weighted by Gasteiger charge is -2.28. The molecule has 0 spiro atoms. The molecule has 0 aliphatic carbocycles. The average Bonchev–Trinajstić information content (AvgIpc) is 2.90. The summed E-state index contributed by atoms with van der Waals surface area (Å²) in [6, 6.07) is 4.51. The molecule has 0 aliphatic rings. The Morgan fingerprint density at radius 2 is 1.74 bits per heavy atom. The van der Waals surface area contributed by atoms with Gasteiger partial charge in [-0.15, -0.1) is 10.2 Å². The third kappa shape index (κ3) is 5.91. The lowest BCUT2D eigenvalue weighted by atomic mass is 10.1. The molecule has 2 aromatic rings. The molecule has 0 radical (unpaired) electrons. The van der Waals surface area contributed by atoms with E-state index in [1.165, 1.54) is 11.3 Å². The molecule has 148 valence electrons. The van der Waals surface area contributed by atoms with Crippen LogP contribution in [-0.4, -0.2) is 42.1 Å². The zero-order chi connectivity index (χ0) is 20.4. The summed E-state index contributed by atoms with van der Waals surface area (Å²) in [4.78, 5) is 12.7. The SMILES string of the molecule is Cc1cc(C)cc(N(C(C)C(=O)Nc2nnc(SC(C)C)s2)S(C)(=O)=O)c1. The van der Waals surface area contributed by atoms with Gasteiger partial charge in [0.2, 0.25) is 21.1 Å². The monoisotopic (exact) mass is 428 g/mol. The van der Waals surface area contributed by atoms with Gasteiger partial charge in [0.25, 0.3) is 0 Å². The first-order valence-electron chi connectivity index (χ1n) is 8.36. The molecule has 1 unspecified atom stereocenters. The zero-order valence-corrected chi connectivity index (χ0v) is 18.6. The summed E-state index contributed by atoms with van der Waals surface area (Å²) in [5.41, 5.74) is 2.31. The Balaban J connectivity index is 2.26. The van der Waals surface area contributed by atoms with Crippen LogP contribution in [0.4, 0.5) is 10.8 Å². The van der Waals surface area contributed by atoms with Crippen molar-refractivity contribution in [2.24, 2.45) is 0 Å². The van der Waals surface area contributed by atoms with Crippen molar-refractivity contribution >= 4 is 49.8 Å². The topological polar surface area (TPSA) is 92.3 Å². The number of anilines is 2. The zero-order valence-electron chi connectivity index (χ0n) is 16.2. The molecule has 1 heterocycles. The van der Waals surface area contributed by atoms with E-state index in [9.17, 15) is 13.2 Å². The van der Waals surface area contributed by atoms with E-state index in [0.717, 1.165) is 26.0 Å². The second kappa shape index (κ2) is 8.57. The molecule has 1 atom stereocenters.